The molecule has 2 aromatic rings. The average molecular weight is 426 g/mol. The zero-order valence-corrected chi connectivity index (χ0v) is 17.9. The lowest BCUT2D eigenvalue weighted by Gasteiger charge is -2.35. The lowest BCUT2D eigenvalue weighted by atomic mass is 10.1. The monoisotopic (exact) mass is 426 g/mol. The summed E-state index contributed by atoms with van der Waals surface area (Å²) >= 11 is 0. The molecule has 0 saturated carbocycles. The Labute approximate surface area is 181 Å². The molecular formula is C22H26N4O5. The number of nitro groups is 1. The van der Waals surface area contributed by atoms with Crippen LogP contribution in [0.5, 0.6) is 11.5 Å². The number of methoxy groups -OCH3 is 1. The van der Waals surface area contributed by atoms with E-state index in [1.54, 1.807) is 31.1 Å². The molecule has 31 heavy (non-hydrogen) atoms. The summed E-state index contributed by atoms with van der Waals surface area (Å²) in [5.41, 5.74) is 1.57. The van der Waals surface area contributed by atoms with Gasteiger partial charge in [0.05, 0.1) is 18.6 Å². The third kappa shape index (κ3) is 5.30. The van der Waals surface area contributed by atoms with Gasteiger partial charge >= 0.3 is 0 Å². The Morgan fingerprint density at radius 2 is 1.97 bits per heavy atom. The van der Waals surface area contributed by atoms with E-state index in [0.717, 1.165) is 16.9 Å². The van der Waals surface area contributed by atoms with Crippen LogP contribution >= 0.6 is 0 Å². The van der Waals surface area contributed by atoms with Crippen LogP contribution in [0.3, 0.4) is 0 Å². The fourth-order valence-corrected chi connectivity index (χ4v) is 3.46. The molecule has 9 nitrogen and oxygen atoms in total. The zero-order chi connectivity index (χ0) is 22.4. The summed E-state index contributed by atoms with van der Waals surface area (Å²) in [5.74, 6) is 1.94. The third-order valence-corrected chi connectivity index (χ3v) is 5.04. The zero-order valence-electron chi connectivity index (χ0n) is 17.9. The van der Waals surface area contributed by atoms with E-state index in [2.05, 4.69) is 4.98 Å². The molecule has 1 aliphatic rings. The number of carbonyl (C=O) groups is 1. The SMILES string of the molecule is CCOc1ccc(/C=C/C(=O)N2CCN(c3ncc([N+](=O)[O-])cc3C)CC2)cc1OC. The van der Waals surface area contributed by atoms with Gasteiger partial charge in [0, 0.05) is 38.3 Å². The minimum atomic E-state index is -0.452. The number of aryl methyl sites for hydroxylation is 1. The van der Waals surface area contributed by atoms with Crippen LogP contribution in [0.15, 0.2) is 36.5 Å². The van der Waals surface area contributed by atoms with Crippen molar-refractivity contribution in [1.82, 2.24) is 9.88 Å². The van der Waals surface area contributed by atoms with Gasteiger partial charge in [0.15, 0.2) is 11.5 Å². The number of hydrogen-bond donors (Lipinski definition) is 0. The largest absolute Gasteiger partial charge is 0.493 e. The summed E-state index contributed by atoms with van der Waals surface area (Å²) in [4.78, 5) is 31.1. The fourth-order valence-electron chi connectivity index (χ4n) is 3.46. The van der Waals surface area contributed by atoms with E-state index in [-0.39, 0.29) is 11.6 Å². The second-order valence-electron chi connectivity index (χ2n) is 7.08. The van der Waals surface area contributed by atoms with E-state index in [9.17, 15) is 14.9 Å². The summed E-state index contributed by atoms with van der Waals surface area (Å²) in [5, 5.41) is 10.9. The molecule has 164 valence electrons. The van der Waals surface area contributed by atoms with Gasteiger partial charge in [0.1, 0.15) is 12.0 Å². The Morgan fingerprint density at radius 3 is 2.58 bits per heavy atom. The molecule has 0 spiro atoms. The van der Waals surface area contributed by atoms with Crippen LogP contribution in [0.1, 0.15) is 18.1 Å². The summed E-state index contributed by atoms with van der Waals surface area (Å²) < 4.78 is 10.9. The van der Waals surface area contributed by atoms with Crippen LogP contribution in [0.25, 0.3) is 6.08 Å². The maximum atomic E-state index is 12.6. The Bertz CT molecular complexity index is 984. The van der Waals surface area contributed by atoms with Crippen molar-refractivity contribution < 1.29 is 19.2 Å². The molecule has 0 radical (unpaired) electrons. The second-order valence-corrected chi connectivity index (χ2v) is 7.08. The number of aromatic nitrogens is 1. The van der Waals surface area contributed by atoms with Crippen LogP contribution < -0.4 is 14.4 Å². The predicted octanol–water partition coefficient (Wildman–Crippen LogP) is 3.07. The molecule has 1 fully saturated rings. The molecule has 1 saturated heterocycles. The molecule has 1 aromatic carbocycles. The highest BCUT2D eigenvalue weighted by Gasteiger charge is 2.22. The van der Waals surface area contributed by atoms with Crippen LogP contribution in [0.2, 0.25) is 0 Å². The summed E-state index contributed by atoms with van der Waals surface area (Å²) in [6, 6.07) is 7.05. The van der Waals surface area contributed by atoms with E-state index in [1.807, 2.05) is 30.0 Å². The first-order valence-electron chi connectivity index (χ1n) is 10.1. The van der Waals surface area contributed by atoms with E-state index in [0.29, 0.717) is 44.3 Å². The molecule has 9 heteroatoms. The first kappa shape index (κ1) is 22.1. The normalized spacial score (nSPS) is 14.0. The number of ether oxygens (including phenoxy) is 2. The lowest BCUT2D eigenvalue weighted by Crippen LogP contribution is -2.48. The van der Waals surface area contributed by atoms with Crippen molar-refractivity contribution in [1.29, 1.82) is 0 Å². The van der Waals surface area contributed by atoms with Gasteiger partial charge in [-0.2, -0.15) is 0 Å². The van der Waals surface area contributed by atoms with Crippen LogP contribution in [0, 0.1) is 17.0 Å². The van der Waals surface area contributed by atoms with E-state index in [4.69, 9.17) is 9.47 Å². The molecule has 0 aliphatic carbocycles. The van der Waals surface area contributed by atoms with Crippen molar-refractivity contribution in [2.45, 2.75) is 13.8 Å². The van der Waals surface area contributed by atoms with Gasteiger partial charge in [0.2, 0.25) is 5.91 Å². The Balaban J connectivity index is 1.60. The summed E-state index contributed by atoms with van der Waals surface area (Å²) in [6.45, 7) is 6.59. The number of amides is 1. The van der Waals surface area contributed by atoms with Gasteiger partial charge in [-0.3, -0.25) is 14.9 Å². The first-order valence-corrected chi connectivity index (χ1v) is 10.1. The molecule has 2 heterocycles. The van der Waals surface area contributed by atoms with Crippen LogP contribution in [-0.2, 0) is 4.79 Å². The molecule has 0 unspecified atom stereocenters. The molecule has 0 N–H and O–H groups in total. The van der Waals surface area contributed by atoms with Crippen LogP contribution in [0.4, 0.5) is 11.5 Å². The highest BCUT2D eigenvalue weighted by molar-refractivity contribution is 5.92. The van der Waals surface area contributed by atoms with Crippen molar-refractivity contribution in [2.75, 3.05) is 44.8 Å². The minimum Gasteiger partial charge on any atom is -0.493 e. The number of hydrogen-bond acceptors (Lipinski definition) is 7. The van der Waals surface area contributed by atoms with E-state index in [1.165, 1.54) is 12.3 Å². The van der Waals surface area contributed by atoms with Gasteiger partial charge in [0.25, 0.3) is 5.69 Å². The third-order valence-electron chi connectivity index (χ3n) is 5.04. The standard InChI is InChI=1S/C22H26N4O5/c1-4-31-19-7-5-17(14-20(19)30-3)6-8-21(27)24-9-11-25(12-10-24)22-16(2)13-18(15-23-22)26(28)29/h5-8,13-15H,4,9-12H2,1-3H3/b8-6+. The van der Waals surface area contributed by atoms with Gasteiger partial charge in [-0.15, -0.1) is 0 Å². The predicted molar refractivity (Wildman–Crippen MR) is 118 cm³/mol. The summed E-state index contributed by atoms with van der Waals surface area (Å²) in [6.07, 6.45) is 4.59. The molecule has 0 bridgehead atoms. The minimum absolute atomic E-state index is 0.0221. The molecule has 1 aliphatic heterocycles. The molecule has 0 atom stereocenters. The Hall–Kier alpha value is -3.62. The number of rotatable bonds is 7. The number of piperazine rings is 1. The van der Waals surface area contributed by atoms with Crippen molar-refractivity contribution in [2.24, 2.45) is 0 Å². The van der Waals surface area contributed by atoms with Crippen molar-refractivity contribution in [3.63, 3.8) is 0 Å². The number of anilines is 1. The maximum absolute atomic E-state index is 12.6. The highest BCUT2D eigenvalue weighted by atomic mass is 16.6. The molecular weight excluding hydrogens is 400 g/mol. The van der Waals surface area contributed by atoms with Crippen molar-refractivity contribution in [3.8, 4) is 11.5 Å². The maximum Gasteiger partial charge on any atom is 0.287 e. The smallest absolute Gasteiger partial charge is 0.287 e. The number of nitrogens with zero attached hydrogens (tertiary/aromatic N) is 4. The quantitative estimate of drug-likeness (QED) is 0.381. The lowest BCUT2D eigenvalue weighted by molar-refractivity contribution is -0.385. The van der Waals surface area contributed by atoms with Gasteiger partial charge in [-0.1, -0.05) is 6.07 Å². The van der Waals surface area contributed by atoms with Gasteiger partial charge < -0.3 is 19.3 Å². The summed E-state index contributed by atoms with van der Waals surface area (Å²) in [7, 11) is 1.58. The topological polar surface area (TPSA) is 98.0 Å². The highest BCUT2D eigenvalue weighted by Crippen LogP contribution is 2.28. The first-order chi connectivity index (χ1) is 14.9. The average Bonchev–Trinajstić information content (AvgIpc) is 2.78. The molecule has 1 amide bonds. The van der Waals surface area contributed by atoms with Crippen LogP contribution in [-0.4, -0.2) is 60.6 Å². The second kappa shape index (κ2) is 9.92. The molecule has 1 aromatic heterocycles. The van der Waals surface area contributed by atoms with Gasteiger partial charge in [-0.25, -0.2) is 4.98 Å². The number of benzene rings is 1. The van der Waals surface area contributed by atoms with Crippen molar-refractivity contribution in [3.05, 3.63) is 57.8 Å². The Morgan fingerprint density at radius 1 is 1.23 bits per heavy atom. The fraction of sp³-hybridized carbons (Fsp3) is 0.364. The number of carbonyl (C=O) groups excluding carboxylic acids is 1. The van der Waals surface area contributed by atoms with Crippen molar-refractivity contribution >= 4 is 23.5 Å². The number of pyridine rings is 1. The Kier molecular flexibility index (Phi) is 7.07. The van der Waals surface area contributed by atoms with E-state index >= 15 is 0 Å². The van der Waals surface area contributed by atoms with Gasteiger partial charge in [-0.05, 0) is 43.2 Å². The van der Waals surface area contributed by atoms with E-state index < -0.39 is 4.92 Å². The molecule has 3 rings (SSSR count).